The number of rotatable bonds is 7. The summed E-state index contributed by atoms with van der Waals surface area (Å²) in [5, 5.41) is 10.4. The van der Waals surface area contributed by atoms with E-state index in [-0.39, 0.29) is 11.3 Å². The van der Waals surface area contributed by atoms with Gasteiger partial charge in [0.2, 0.25) is 0 Å². The van der Waals surface area contributed by atoms with Gasteiger partial charge in [-0.3, -0.25) is 19.8 Å². The van der Waals surface area contributed by atoms with Crippen LogP contribution in [0.25, 0.3) is 22.0 Å². The molecule has 2 N–H and O–H groups in total. The number of hydrogen-bond acceptors (Lipinski definition) is 5. The van der Waals surface area contributed by atoms with Crippen LogP contribution in [0.2, 0.25) is 0 Å². The number of aromatic nitrogens is 3. The molecule has 3 heterocycles. The first-order valence-corrected chi connectivity index (χ1v) is 12.5. The van der Waals surface area contributed by atoms with Crippen LogP contribution in [0.1, 0.15) is 40.9 Å². The van der Waals surface area contributed by atoms with Crippen molar-refractivity contribution in [1.82, 2.24) is 25.0 Å². The summed E-state index contributed by atoms with van der Waals surface area (Å²) in [5.74, 6) is -2.20. The van der Waals surface area contributed by atoms with E-state index >= 15 is 0 Å². The van der Waals surface area contributed by atoms with E-state index in [0.717, 1.165) is 37.1 Å². The van der Waals surface area contributed by atoms with Crippen LogP contribution in [0.5, 0.6) is 0 Å². The number of amides is 1. The highest BCUT2D eigenvalue weighted by molar-refractivity contribution is 6.11. The number of nitrogens with one attached hydrogen (secondary N) is 2. The van der Waals surface area contributed by atoms with Crippen LogP contribution in [0.4, 0.5) is 14.5 Å². The van der Waals surface area contributed by atoms with E-state index in [0.29, 0.717) is 35.2 Å². The molecule has 5 rings (SSSR count). The molecule has 1 aliphatic rings. The number of pyridine rings is 1. The minimum absolute atomic E-state index is 0.167. The molecule has 0 unspecified atom stereocenters. The van der Waals surface area contributed by atoms with Gasteiger partial charge in [0.25, 0.3) is 5.91 Å². The molecule has 7 nitrogen and oxygen atoms in total. The number of fused-ring (bicyclic) bond motifs is 1. The van der Waals surface area contributed by atoms with Gasteiger partial charge in [0.15, 0.2) is 17.3 Å². The van der Waals surface area contributed by atoms with E-state index < -0.39 is 17.5 Å². The van der Waals surface area contributed by atoms with Gasteiger partial charge in [0.1, 0.15) is 0 Å². The Balaban J connectivity index is 1.43. The van der Waals surface area contributed by atoms with Crippen molar-refractivity contribution in [3.05, 3.63) is 77.2 Å². The van der Waals surface area contributed by atoms with Crippen molar-refractivity contribution in [3.63, 3.8) is 0 Å². The van der Waals surface area contributed by atoms with Crippen LogP contribution < -0.4 is 5.32 Å². The number of aromatic amines is 1. The first-order chi connectivity index (χ1) is 17.9. The molecule has 1 fully saturated rings. The molecule has 9 heteroatoms. The first kappa shape index (κ1) is 25.0. The maximum absolute atomic E-state index is 14.9. The summed E-state index contributed by atoms with van der Waals surface area (Å²) < 4.78 is 29.6. The Morgan fingerprint density at radius 2 is 1.86 bits per heavy atom. The number of benzene rings is 2. The van der Waals surface area contributed by atoms with Crippen LogP contribution in [0, 0.1) is 11.6 Å². The van der Waals surface area contributed by atoms with Gasteiger partial charge >= 0.3 is 0 Å². The smallest absolute Gasteiger partial charge is 0.276 e. The Labute approximate surface area is 214 Å². The van der Waals surface area contributed by atoms with Gasteiger partial charge in [0.05, 0.1) is 17.4 Å². The quantitative estimate of drug-likeness (QED) is 0.362. The van der Waals surface area contributed by atoms with Crippen LogP contribution in [-0.2, 0) is 13.1 Å². The molecule has 0 bridgehead atoms. The van der Waals surface area contributed by atoms with Gasteiger partial charge in [-0.1, -0.05) is 12.5 Å². The summed E-state index contributed by atoms with van der Waals surface area (Å²) in [5.41, 5.74) is 3.68. The van der Waals surface area contributed by atoms with Crippen LogP contribution in [0.3, 0.4) is 0 Å². The maximum atomic E-state index is 14.9. The lowest BCUT2D eigenvalue weighted by atomic mass is 9.99. The minimum atomic E-state index is -0.903. The lowest BCUT2D eigenvalue weighted by Gasteiger charge is -2.26. The molecule has 2 aromatic carbocycles. The lowest BCUT2D eigenvalue weighted by Crippen LogP contribution is -2.29. The highest BCUT2D eigenvalue weighted by Gasteiger charge is 2.19. The summed E-state index contributed by atoms with van der Waals surface area (Å²) >= 11 is 0. The number of hydrogen-bond donors (Lipinski definition) is 2. The normalized spacial score (nSPS) is 14.4. The summed E-state index contributed by atoms with van der Waals surface area (Å²) in [6.07, 6.45) is 6.77. The van der Waals surface area contributed by atoms with Crippen LogP contribution in [0.15, 0.2) is 48.8 Å². The third kappa shape index (κ3) is 5.68. The second-order valence-electron chi connectivity index (χ2n) is 9.88. The van der Waals surface area contributed by atoms with Crippen LogP contribution >= 0.6 is 0 Å². The Kier molecular flexibility index (Phi) is 7.25. The number of H-pyrrole nitrogens is 1. The highest BCUT2D eigenvalue weighted by Crippen LogP contribution is 2.30. The second-order valence-corrected chi connectivity index (χ2v) is 9.88. The third-order valence-corrected chi connectivity index (χ3v) is 6.58. The van der Waals surface area contributed by atoms with Crippen molar-refractivity contribution >= 4 is 22.5 Å². The largest absolute Gasteiger partial charge is 0.319 e. The topological polar surface area (TPSA) is 77.1 Å². The van der Waals surface area contributed by atoms with Gasteiger partial charge in [0, 0.05) is 30.2 Å². The predicted molar refractivity (Wildman–Crippen MR) is 140 cm³/mol. The molecule has 4 aromatic rings. The SMILES string of the molecule is CN(C)Cc1cncc(NC(=O)c2n[nH]c3ccc(-c4cc(CN5CCCCC5)cc(F)c4F)cc23)c1. The zero-order valence-electron chi connectivity index (χ0n) is 21.0. The summed E-state index contributed by atoms with van der Waals surface area (Å²) in [6, 6.07) is 9.95. The molecule has 0 spiro atoms. The van der Waals surface area contributed by atoms with Crippen molar-refractivity contribution in [2.75, 3.05) is 32.5 Å². The standard InChI is InChI=1S/C28H30F2N6O/c1-35(2)16-19-10-21(15-31-14-19)32-28(37)27-23-13-20(6-7-25(23)33-34-27)22-11-18(12-24(29)26(22)30)17-36-8-4-3-5-9-36/h6-7,10-15H,3-5,8-9,16-17H2,1-2H3,(H,32,37)(H,33,34). The van der Waals surface area contributed by atoms with Crippen molar-refractivity contribution in [3.8, 4) is 11.1 Å². The van der Waals surface area contributed by atoms with E-state index in [2.05, 4.69) is 25.4 Å². The molecule has 0 aliphatic carbocycles. The molecular weight excluding hydrogens is 474 g/mol. The minimum Gasteiger partial charge on any atom is -0.319 e. The van der Waals surface area contributed by atoms with Gasteiger partial charge < -0.3 is 10.2 Å². The molecule has 0 saturated carbocycles. The third-order valence-electron chi connectivity index (χ3n) is 6.58. The van der Waals surface area contributed by atoms with Crippen LogP contribution in [-0.4, -0.2) is 58.1 Å². The molecule has 0 atom stereocenters. The molecule has 192 valence electrons. The van der Waals surface area contributed by atoms with Crippen molar-refractivity contribution in [2.24, 2.45) is 0 Å². The number of likely N-dealkylation sites (tertiary alicyclic amines) is 1. The monoisotopic (exact) mass is 504 g/mol. The number of halogens is 2. The van der Waals surface area contributed by atoms with Gasteiger partial charge in [-0.15, -0.1) is 0 Å². The zero-order chi connectivity index (χ0) is 25.9. The number of carbonyl (C=O) groups is 1. The molecule has 1 aliphatic heterocycles. The summed E-state index contributed by atoms with van der Waals surface area (Å²) in [6.45, 7) is 3.18. The number of carbonyl (C=O) groups excluding carboxylic acids is 1. The van der Waals surface area contributed by atoms with E-state index in [1.807, 2.05) is 25.1 Å². The molecule has 37 heavy (non-hydrogen) atoms. The predicted octanol–water partition coefficient (Wildman–Crippen LogP) is 5.20. The van der Waals surface area contributed by atoms with Gasteiger partial charge in [-0.25, -0.2) is 8.78 Å². The van der Waals surface area contributed by atoms with E-state index in [1.165, 1.54) is 12.5 Å². The summed E-state index contributed by atoms with van der Waals surface area (Å²) in [4.78, 5) is 21.6. The van der Waals surface area contributed by atoms with E-state index in [1.54, 1.807) is 36.7 Å². The Morgan fingerprint density at radius 1 is 1.05 bits per heavy atom. The van der Waals surface area contributed by atoms with E-state index in [9.17, 15) is 13.6 Å². The molecule has 2 aromatic heterocycles. The van der Waals surface area contributed by atoms with Crippen molar-refractivity contribution in [1.29, 1.82) is 0 Å². The molecule has 0 radical (unpaired) electrons. The highest BCUT2D eigenvalue weighted by atomic mass is 19.2. The molecule has 1 saturated heterocycles. The molecule has 1 amide bonds. The fraction of sp³-hybridized carbons (Fsp3) is 0.321. The Bertz CT molecular complexity index is 1430. The fourth-order valence-corrected chi connectivity index (χ4v) is 4.87. The van der Waals surface area contributed by atoms with Gasteiger partial charge in [-0.05, 0) is 87.0 Å². The van der Waals surface area contributed by atoms with Gasteiger partial charge in [-0.2, -0.15) is 5.10 Å². The zero-order valence-corrected chi connectivity index (χ0v) is 21.0. The van der Waals surface area contributed by atoms with Crippen molar-refractivity contribution in [2.45, 2.75) is 32.4 Å². The molecular formula is C28H30F2N6O. The Hall–Kier alpha value is -3.69. The number of piperidine rings is 1. The average Bonchev–Trinajstić information content (AvgIpc) is 3.30. The van der Waals surface area contributed by atoms with E-state index in [4.69, 9.17) is 0 Å². The Morgan fingerprint density at radius 3 is 2.65 bits per heavy atom. The number of nitrogens with zero attached hydrogens (tertiary/aromatic N) is 4. The summed E-state index contributed by atoms with van der Waals surface area (Å²) in [7, 11) is 3.91. The maximum Gasteiger partial charge on any atom is 0.276 e. The average molecular weight is 505 g/mol. The first-order valence-electron chi connectivity index (χ1n) is 12.5. The fourth-order valence-electron chi connectivity index (χ4n) is 4.87. The number of anilines is 1. The lowest BCUT2D eigenvalue weighted by molar-refractivity contribution is 0.102. The van der Waals surface area contributed by atoms with Crippen molar-refractivity contribution < 1.29 is 13.6 Å². The second kappa shape index (κ2) is 10.7.